The summed E-state index contributed by atoms with van der Waals surface area (Å²) < 4.78 is 51.7. The summed E-state index contributed by atoms with van der Waals surface area (Å²) in [6.45, 7) is -1.68. The van der Waals surface area contributed by atoms with Crippen molar-refractivity contribution in [2.24, 2.45) is 5.73 Å². The van der Waals surface area contributed by atoms with Crippen LogP contribution in [0.2, 0.25) is 0 Å². The van der Waals surface area contributed by atoms with Crippen LogP contribution in [-0.4, -0.2) is 37.4 Å². The average Bonchev–Trinajstić information content (AvgIpc) is 2.49. The first-order valence-electron chi connectivity index (χ1n) is 6.83. The Morgan fingerprint density at radius 1 is 1.17 bits per heavy atom. The molecular formula is C14H17F4N3O2. The Bertz CT molecular complexity index is 567. The van der Waals surface area contributed by atoms with Gasteiger partial charge in [-0.15, -0.1) is 0 Å². The van der Waals surface area contributed by atoms with E-state index < -0.39 is 42.5 Å². The molecule has 23 heavy (non-hydrogen) atoms. The smallest absolute Gasteiger partial charge is 0.277 e. The van der Waals surface area contributed by atoms with E-state index in [0.29, 0.717) is 6.07 Å². The zero-order chi connectivity index (χ0) is 17.5. The van der Waals surface area contributed by atoms with E-state index in [1.807, 2.05) is 5.32 Å². The fourth-order valence-corrected chi connectivity index (χ4v) is 1.61. The molecule has 0 heterocycles. The number of halogens is 4. The number of hydrogen-bond donors (Lipinski definition) is 3. The summed E-state index contributed by atoms with van der Waals surface area (Å²) in [4.78, 5) is 22.9. The number of benzene rings is 1. The van der Waals surface area contributed by atoms with E-state index in [2.05, 4.69) is 5.32 Å². The SMILES string of the molecule is NCC(F)(F)CNC(=O)CCCNC(=O)c1ccc(F)cc1F. The quantitative estimate of drug-likeness (QED) is 0.493. The summed E-state index contributed by atoms with van der Waals surface area (Å²) in [7, 11) is 0. The predicted octanol–water partition coefficient (Wildman–Crippen LogP) is 1.18. The van der Waals surface area contributed by atoms with Gasteiger partial charge >= 0.3 is 0 Å². The van der Waals surface area contributed by atoms with E-state index in [1.165, 1.54) is 0 Å². The lowest BCUT2D eigenvalue weighted by Gasteiger charge is -2.14. The summed E-state index contributed by atoms with van der Waals surface area (Å²) in [6, 6.07) is 2.53. The van der Waals surface area contributed by atoms with Crippen LogP contribution in [0.4, 0.5) is 17.6 Å². The molecule has 0 aromatic heterocycles. The van der Waals surface area contributed by atoms with E-state index in [1.54, 1.807) is 0 Å². The third kappa shape index (κ3) is 6.64. The minimum atomic E-state index is -3.16. The number of hydrogen-bond acceptors (Lipinski definition) is 3. The molecule has 0 saturated heterocycles. The van der Waals surface area contributed by atoms with Crippen molar-refractivity contribution in [3.05, 3.63) is 35.4 Å². The third-order valence-corrected chi connectivity index (χ3v) is 2.88. The van der Waals surface area contributed by atoms with E-state index in [0.717, 1.165) is 12.1 Å². The molecule has 2 amide bonds. The molecule has 1 rings (SSSR count). The van der Waals surface area contributed by atoms with Crippen LogP contribution in [0.5, 0.6) is 0 Å². The number of nitrogens with two attached hydrogens (primary N) is 1. The molecule has 0 spiro atoms. The first-order valence-corrected chi connectivity index (χ1v) is 6.83. The van der Waals surface area contributed by atoms with Crippen LogP contribution in [0.25, 0.3) is 0 Å². The fraction of sp³-hybridized carbons (Fsp3) is 0.429. The summed E-state index contributed by atoms with van der Waals surface area (Å²) in [6.07, 6.45) is 0.0847. The van der Waals surface area contributed by atoms with E-state index in [4.69, 9.17) is 5.73 Å². The molecule has 0 aliphatic rings. The molecule has 0 unspecified atom stereocenters. The molecule has 0 saturated carbocycles. The van der Waals surface area contributed by atoms with Gasteiger partial charge in [0.25, 0.3) is 11.8 Å². The third-order valence-electron chi connectivity index (χ3n) is 2.88. The second-order valence-electron chi connectivity index (χ2n) is 4.82. The van der Waals surface area contributed by atoms with Crippen molar-refractivity contribution in [1.82, 2.24) is 10.6 Å². The molecule has 1 aromatic carbocycles. The molecule has 128 valence electrons. The maximum Gasteiger partial charge on any atom is 0.277 e. The van der Waals surface area contributed by atoms with Crippen LogP contribution in [0.15, 0.2) is 18.2 Å². The van der Waals surface area contributed by atoms with Crippen LogP contribution < -0.4 is 16.4 Å². The van der Waals surface area contributed by atoms with E-state index >= 15 is 0 Å². The normalized spacial score (nSPS) is 11.2. The van der Waals surface area contributed by atoms with Crippen molar-refractivity contribution < 1.29 is 27.2 Å². The second kappa shape index (κ2) is 8.47. The Morgan fingerprint density at radius 2 is 1.87 bits per heavy atom. The van der Waals surface area contributed by atoms with Crippen molar-refractivity contribution >= 4 is 11.8 Å². The van der Waals surface area contributed by atoms with Gasteiger partial charge in [0.05, 0.1) is 18.7 Å². The standard InChI is InChI=1S/C14H17F4N3O2/c15-9-3-4-10(11(16)6-9)13(23)20-5-1-2-12(22)21-8-14(17,18)7-19/h3-4,6H,1-2,5,7-8,19H2,(H,20,23)(H,21,22). The Labute approximate surface area is 130 Å². The van der Waals surface area contributed by atoms with Gasteiger partial charge in [0.15, 0.2) is 0 Å². The van der Waals surface area contributed by atoms with Gasteiger partial charge < -0.3 is 16.4 Å². The van der Waals surface area contributed by atoms with Gasteiger partial charge in [-0.3, -0.25) is 9.59 Å². The fourth-order valence-electron chi connectivity index (χ4n) is 1.61. The van der Waals surface area contributed by atoms with Crippen LogP contribution in [0.3, 0.4) is 0 Å². The van der Waals surface area contributed by atoms with Crippen molar-refractivity contribution in [2.45, 2.75) is 18.8 Å². The molecule has 5 nitrogen and oxygen atoms in total. The van der Waals surface area contributed by atoms with Gasteiger partial charge in [0.1, 0.15) is 11.6 Å². The molecule has 0 atom stereocenters. The predicted molar refractivity (Wildman–Crippen MR) is 74.9 cm³/mol. The maximum atomic E-state index is 13.3. The topological polar surface area (TPSA) is 84.2 Å². The molecule has 0 aliphatic carbocycles. The average molecular weight is 335 g/mol. The summed E-state index contributed by atoms with van der Waals surface area (Å²) in [5.41, 5.74) is 4.50. The van der Waals surface area contributed by atoms with Gasteiger partial charge in [0.2, 0.25) is 5.91 Å². The van der Waals surface area contributed by atoms with Gasteiger partial charge in [-0.2, -0.15) is 0 Å². The number of alkyl halides is 2. The molecule has 9 heteroatoms. The summed E-state index contributed by atoms with van der Waals surface area (Å²) >= 11 is 0. The highest BCUT2D eigenvalue weighted by Crippen LogP contribution is 2.10. The number of carbonyl (C=O) groups excluding carboxylic acids is 2. The molecule has 0 aliphatic heterocycles. The maximum absolute atomic E-state index is 13.3. The minimum absolute atomic E-state index is 0.0380. The molecular weight excluding hydrogens is 318 g/mol. The number of nitrogens with one attached hydrogen (secondary N) is 2. The summed E-state index contributed by atoms with van der Waals surface area (Å²) in [5.74, 6) is -6.32. The number of carbonyl (C=O) groups is 2. The second-order valence-corrected chi connectivity index (χ2v) is 4.82. The van der Waals surface area contributed by atoms with E-state index in [-0.39, 0.29) is 24.9 Å². The highest BCUT2D eigenvalue weighted by Gasteiger charge is 2.26. The van der Waals surface area contributed by atoms with Gasteiger partial charge in [-0.05, 0) is 18.6 Å². The van der Waals surface area contributed by atoms with Gasteiger partial charge in [0, 0.05) is 19.0 Å². The van der Waals surface area contributed by atoms with Crippen molar-refractivity contribution in [1.29, 1.82) is 0 Å². The summed E-state index contributed by atoms with van der Waals surface area (Å²) in [5, 5.41) is 4.37. The molecule has 0 radical (unpaired) electrons. The first-order chi connectivity index (χ1) is 10.7. The Morgan fingerprint density at radius 3 is 2.48 bits per heavy atom. The lowest BCUT2D eigenvalue weighted by molar-refractivity contribution is -0.122. The van der Waals surface area contributed by atoms with Crippen LogP contribution in [0.1, 0.15) is 23.2 Å². The van der Waals surface area contributed by atoms with Crippen LogP contribution in [-0.2, 0) is 4.79 Å². The van der Waals surface area contributed by atoms with Crippen molar-refractivity contribution in [3.63, 3.8) is 0 Å². The monoisotopic (exact) mass is 335 g/mol. The molecule has 1 aromatic rings. The lowest BCUT2D eigenvalue weighted by Crippen LogP contribution is -2.41. The molecule has 0 fully saturated rings. The largest absolute Gasteiger partial charge is 0.352 e. The Hall–Kier alpha value is -2.16. The number of amides is 2. The molecule has 4 N–H and O–H groups in total. The van der Waals surface area contributed by atoms with Crippen LogP contribution >= 0.6 is 0 Å². The zero-order valence-corrected chi connectivity index (χ0v) is 12.2. The number of rotatable bonds is 8. The highest BCUT2D eigenvalue weighted by molar-refractivity contribution is 5.94. The zero-order valence-electron chi connectivity index (χ0n) is 12.2. The molecule has 0 bridgehead atoms. The van der Waals surface area contributed by atoms with Crippen LogP contribution in [0, 0.1) is 11.6 Å². The van der Waals surface area contributed by atoms with E-state index in [9.17, 15) is 27.2 Å². The minimum Gasteiger partial charge on any atom is -0.352 e. The van der Waals surface area contributed by atoms with Crippen molar-refractivity contribution in [2.75, 3.05) is 19.6 Å². The lowest BCUT2D eigenvalue weighted by atomic mass is 10.2. The van der Waals surface area contributed by atoms with Gasteiger partial charge in [-0.25, -0.2) is 17.6 Å². The highest BCUT2D eigenvalue weighted by atomic mass is 19.3. The van der Waals surface area contributed by atoms with Crippen molar-refractivity contribution in [3.8, 4) is 0 Å². The Balaban J connectivity index is 2.29. The van der Waals surface area contributed by atoms with Gasteiger partial charge in [-0.1, -0.05) is 0 Å². The Kier molecular flexibility index (Phi) is 6.95. The first kappa shape index (κ1) is 18.9.